The second kappa shape index (κ2) is 10.8. The fraction of sp³-hybridized carbons (Fsp3) is 0.346. The molecule has 2 aromatic carbocycles. The molecule has 0 bridgehead atoms. The van der Waals surface area contributed by atoms with Gasteiger partial charge in [-0.15, -0.1) is 11.3 Å². The molecule has 1 amide bonds. The van der Waals surface area contributed by atoms with Gasteiger partial charge in [-0.05, 0) is 48.2 Å². The summed E-state index contributed by atoms with van der Waals surface area (Å²) in [6, 6.07) is 22.3. The van der Waals surface area contributed by atoms with Gasteiger partial charge in [0, 0.05) is 49.2 Å². The normalized spacial score (nSPS) is 16.9. The van der Waals surface area contributed by atoms with Crippen LogP contribution in [-0.4, -0.2) is 55.0 Å². The lowest BCUT2D eigenvalue weighted by atomic mass is 10.0. The summed E-state index contributed by atoms with van der Waals surface area (Å²) in [6.07, 6.45) is 0. The van der Waals surface area contributed by atoms with Gasteiger partial charge in [0.1, 0.15) is 5.75 Å². The molecular formula is C26H31N3O2S. The fourth-order valence-electron chi connectivity index (χ4n) is 4.35. The number of carbonyl (C=O) groups is 1. The van der Waals surface area contributed by atoms with Crippen molar-refractivity contribution in [1.82, 2.24) is 15.1 Å². The summed E-state index contributed by atoms with van der Waals surface area (Å²) < 4.78 is 5.20. The number of methoxy groups -OCH3 is 1. The van der Waals surface area contributed by atoms with Gasteiger partial charge in [0.15, 0.2) is 0 Å². The highest BCUT2D eigenvalue weighted by atomic mass is 32.1. The van der Waals surface area contributed by atoms with Crippen molar-refractivity contribution in [3.05, 3.63) is 88.1 Å². The SMILES string of the molecule is COc1ccc(C(=O)N[C@@H](C)[C@H](c2cccs2)N2CCN(Cc3ccccc3)CC2)cc1. The highest BCUT2D eigenvalue weighted by Crippen LogP contribution is 2.30. The van der Waals surface area contributed by atoms with Crippen molar-refractivity contribution in [3.63, 3.8) is 0 Å². The second-order valence-corrected chi connectivity index (χ2v) is 9.23. The lowest BCUT2D eigenvalue weighted by molar-refractivity contribution is 0.0714. The third-order valence-corrected chi connectivity index (χ3v) is 7.01. The Morgan fingerprint density at radius 3 is 2.34 bits per heavy atom. The van der Waals surface area contributed by atoms with Crippen molar-refractivity contribution in [3.8, 4) is 5.75 Å². The predicted octanol–water partition coefficient (Wildman–Crippen LogP) is 4.43. The number of nitrogens with one attached hydrogen (secondary N) is 1. The summed E-state index contributed by atoms with van der Waals surface area (Å²) >= 11 is 1.76. The number of ether oxygens (including phenoxy) is 1. The standard InChI is InChI=1S/C26H31N3O2S/c1-20(27-26(30)22-10-12-23(31-2)13-11-22)25(24-9-6-18-32-24)29-16-14-28(15-17-29)19-21-7-4-3-5-8-21/h3-13,18,20,25H,14-17,19H2,1-2H3,(H,27,30)/t20-,25+/m0/s1. The molecule has 0 unspecified atom stereocenters. The number of carbonyl (C=O) groups excluding carboxylic acids is 1. The molecule has 0 spiro atoms. The molecule has 1 fully saturated rings. The topological polar surface area (TPSA) is 44.8 Å². The number of thiophene rings is 1. The fourth-order valence-corrected chi connectivity index (χ4v) is 5.32. The van der Waals surface area contributed by atoms with E-state index in [1.807, 2.05) is 24.3 Å². The Labute approximate surface area is 194 Å². The van der Waals surface area contributed by atoms with Crippen LogP contribution in [0.25, 0.3) is 0 Å². The van der Waals surface area contributed by atoms with Crippen molar-refractivity contribution in [2.75, 3.05) is 33.3 Å². The van der Waals surface area contributed by atoms with E-state index in [9.17, 15) is 4.79 Å². The summed E-state index contributed by atoms with van der Waals surface area (Å²) in [5, 5.41) is 5.36. The minimum Gasteiger partial charge on any atom is -0.497 e. The van der Waals surface area contributed by atoms with E-state index in [0.29, 0.717) is 5.56 Å². The van der Waals surface area contributed by atoms with Crippen LogP contribution in [0.3, 0.4) is 0 Å². The molecule has 5 nitrogen and oxygen atoms in total. The molecule has 32 heavy (non-hydrogen) atoms. The second-order valence-electron chi connectivity index (χ2n) is 8.25. The van der Waals surface area contributed by atoms with Gasteiger partial charge in [-0.25, -0.2) is 0 Å². The zero-order valence-corrected chi connectivity index (χ0v) is 19.6. The van der Waals surface area contributed by atoms with Crippen LogP contribution in [-0.2, 0) is 6.54 Å². The van der Waals surface area contributed by atoms with E-state index in [4.69, 9.17) is 4.74 Å². The minimum atomic E-state index is -0.0515. The molecule has 1 N–H and O–H groups in total. The van der Waals surface area contributed by atoms with Crippen molar-refractivity contribution < 1.29 is 9.53 Å². The Hall–Kier alpha value is -2.67. The van der Waals surface area contributed by atoms with Gasteiger partial charge in [0.2, 0.25) is 0 Å². The van der Waals surface area contributed by atoms with Crippen molar-refractivity contribution >= 4 is 17.2 Å². The molecule has 0 aliphatic carbocycles. The van der Waals surface area contributed by atoms with Gasteiger partial charge in [0.25, 0.3) is 5.91 Å². The Morgan fingerprint density at radius 1 is 1.00 bits per heavy atom. The third-order valence-electron chi connectivity index (χ3n) is 6.07. The Balaban J connectivity index is 1.40. The molecular weight excluding hydrogens is 418 g/mol. The van der Waals surface area contributed by atoms with E-state index >= 15 is 0 Å². The van der Waals surface area contributed by atoms with Gasteiger partial charge in [-0.1, -0.05) is 36.4 Å². The Bertz CT molecular complexity index is 968. The molecule has 3 aromatic rings. The summed E-state index contributed by atoms with van der Waals surface area (Å²) in [4.78, 5) is 19.2. The maximum Gasteiger partial charge on any atom is 0.251 e. The lowest BCUT2D eigenvalue weighted by Crippen LogP contribution is -2.52. The van der Waals surface area contributed by atoms with Crippen LogP contribution in [0.15, 0.2) is 72.1 Å². The quantitative estimate of drug-likeness (QED) is 0.552. The van der Waals surface area contributed by atoms with E-state index in [2.05, 4.69) is 69.9 Å². The largest absolute Gasteiger partial charge is 0.497 e. The van der Waals surface area contributed by atoms with Crippen LogP contribution < -0.4 is 10.1 Å². The first-order valence-electron chi connectivity index (χ1n) is 11.1. The van der Waals surface area contributed by atoms with Crippen LogP contribution >= 0.6 is 11.3 Å². The highest BCUT2D eigenvalue weighted by Gasteiger charge is 2.31. The smallest absolute Gasteiger partial charge is 0.251 e. The first-order valence-corrected chi connectivity index (χ1v) is 12.0. The number of amides is 1. The number of hydrogen-bond acceptors (Lipinski definition) is 5. The van der Waals surface area contributed by atoms with Crippen LogP contribution in [0.1, 0.15) is 33.8 Å². The number of nitrogens with zero attached hydrogens (tertiary/aromatic N) is 2. The van der Waals surface area contributed by atoms with Crippen LogP contribution in [0, 0.1) is 0 Å². The molecule has 6 heteroatoms. The van der Waals surface area contributed by atoms with Gasteiger partial charge >= 0.3 is 0 Å². The summed E-state index contributed by atoms with van der Waals surface area (Å²) in [5.74, 6) is 0.698. The number of benzene rings is 2. The Morgan fingerprint density at radius 2 is 1.72 bits per heavy atom. The van der Waals surface area contributed by atoms with Crippen molar-refractivity contribution in [1.29, 1.82) is 0 Å². The molecule has 1 saturated heterocycles. The van der Waals surface area contributed by atoms with E-state index in [0.717, 1.165) is 38.5 Å². The first kappa shape index (κ1) is 22.5. The van der Waals surface area contributed by atoms with Gasteiger partial charge < -0.3 is 10.1 Å². The Kier molecular flexibility index (Phi) is 7.58. The average molecular weight is 450 g/mol. The molecule has 1 aliphatic heterocycles. The van der Waals surface area contributed by atoms with Crippen molar-refractivity contribution in [2.45, 2.75) is 25.6 Å². The molecule has 1 aliphatic rings. The number of piperazine rings is 1. The monoisotopic (exact) mass is 449 g/mol. The highest BCUT2D eigenvalue weighted by molar-refractivity contribution is 7.10. The van der Waals surface area contributed by atoms with Crippen LogP contribution in [0.5, 0.6) is 5.75 Å². The molecule has 4 rings (SSSR count). The maximum absolute atomic E-state index is 12.9. The average Bonchev–Trinajstić information content (AvgIpc) is 3.35. The van der Waals surface area contributed by atoms with E-state index in [-0.39, 0.29) is 18.0 Å². The van der Waals surface area contributed by atoms with Gasteiger partial charge in [-0.3, -0.25) is 14.6 Å². The zero-order valence-electron chi connectivity index (χ0n) is 18.7. The molecule has 2 atom stereocenters. The van der Waals surface area contributed by atoms with Crippen molar-refractivity contribution in [2.24, 2.45) is 0 Å². The minimum absolute atomic E-state index is 0.0103. The lowest BCUT2D eigenvalue weighted by Gasteiger charge is -2.41. The van der Waals surface area contributed by atoms with Crippen LogP contribution in [0.2, 0.25) is 0 Å². The van der Waals surface area contributed by atoms with E-state index in [1.54, 1.807) is 18.4 Å². The van der Waals surface area contributed by atoms with Gasteiger partial charge in [0.05, 0.1) is 13.2 Å². The number of hydrogen-bond donors (Lipinski definition) is 1. The molecule has 168 valence electrons. The predicted molar refractivity (Wildman–Crippen MR) is 130 cm³/mol. The molecule has 0 saturated carbocycles. The summed E-state index contributed by atoms with van der Waals surface area (Å²) in [7, 11) is 1.63. The van der Waals surface area contributed by atoms with Crippen LogP contribution in [0.4, 0.5) is 0 Å². The first-order chi connectivity index (χ1) is 15.6. The number of rotatable bonds is 8. The van der Waals surface area contributed by atoms with E-state index < -0.39 is 0 Å². The third kappa shape index (κ3) is 5.57. The molecule has 1 aromatic heterocycles. The zero-order chi connectivity index (χ0) is 22.3. The molecule has 2 heterocycles. The van der Waals surface area contributed by atoms with E-state index in [1.165, 1.54) is 10.4 Å². The molecule has 0 radical (unpaired) electrons. The van der Waals surface area contributed by atoms with Gasteiger partial charge in [-0.2, -0.15) is 0 Å². The summed E-state index contributed by atoms with van der Waals surface area (Å²) in [5.41, 5.74) is 2.01. The maximum atomic E-state index is 12.9. The summed E-state index contributed by atoms with van der Waals surface area (Å²) in [6.45, 7) is 7.12.